The maximum atomic E-state index is 10.1. The van der Waals surface area contributed by atoms with Crippen LogP contribution in [0.3, 0.4) is 0 Å². The molecule has 1 atom stereocenters. The zero-order valence-corrected chi connectivity index (χ0v) is 13.7. The molecule has 126 valence electrons. The molecule has 0 radical (unpaired) electrons. The predicted octanol–water partition coefficient (Wildman–Crippen LogP) is 2.34. The number of hydrogen-bond acceptors (Lipinski definition) is 5. The topological polar surface area (TPSA) is 63.7 Å². The van der Waals surface area contributed by atoms with Crippen molar-refractivity contribution in [3.05, 3.63) is 41.6 Å². The lowest BCUT2D eigenvalue weighted by Crippen LogP contribution is -2.40. The molecule has 0 aliphatic carbocycles. The zero-order chi connectivity index (χ0) is 16.1. The van der Waals surface area contributed by atoms with Gasteiger partial charge in [-0.2, -0.15) is 5.10 Å². The van der Waals surface area contributed by atoms with Gasteiger partial charge in [-0.15, -0.1) is 0 Å². The second-order valence-corrected chi connectivity index (χ2v) is 6.36. The molecule has 23 heavy (non-hydrogen) atoms. The molecule has 1 N–H and O–H groups in total. The van der Waals surface area contributed by atoms with Crippen LogP contribution in [0.5, 0.6) is 0 Å². The normalized spacial score (nSPS) is 18.3. The fraction of sp³-hybridized carbons (Fsp3) is 0.562. The van der Waals surface area contributed by atoms with Crippen LogP contribution in [-0.4, -0.2) is 52.1 Å². The van der Waals surface area contributed by atoms with Crippen LogP contribution in [0.25, 0.3) is 0 Å². The highest BCUT2D eigenvalue weighted by atomic mass is 35.5. The SMILES string of the molecule is OC(COCc1ccco1)CN1CCC(n2cc(Cl)cn2)CC1. The van der Waals surface area contributed by atoms with Gasteiger partial charge in [0.2, 0.25) is 0 Å². The molecule has 0 saturated carbocycles. The van der Waals surface area contributed by atoms with E-state index >= 15 is 0 Å². The molecule has 0 amide bonds. The molecule has 7 heteroatoms. The average molecular weight is 340 g/mol. The molecule has 1 aliphatic heterocycles. The largest absolute Gasteiger partial charge is 0.467 e. The third-order valence-electron chi connectivity index (χ3n) is 4.10. The molecular formula is C16H22ClN3O3. The van der Waals surface area contributed by atoms with Crippen molar-refractivity contribution in [1.82, 2.24) is 14.7 Å². The van der Waals surface area contributed by atoms with Crippen molar-refractivity contribution in [3.63, 3.8) is 0 Å². The number of hydrogen-bond donors (Lipinski definition) is 1. The van der Waals surface area contributed by atoms with Crippen LogP contribution in [0.1, 0.15) is 24.6 Å². The minimum atomic E-state index is -0.485. The van der Waals surface area contributed by atoms with Crippen molar-refractivity contribution in [3.8, 4) is 0 Å². The third kappa shape index (κ3) is 4.81. The quantitative estimate of drug-likeness (QED) is 0.839. The lowest BCUT2D eigenvalue weighted by atomic mass is 10.1. The van der Waals surface area contributed by atoms with Gasteiger partial charge < -0.3 is 19.2 Å². The second-order valence-electron chi connectivity index (χ2n) is 5.92. The molecule has 3 heterocycles. The number of halogens is 1. The summed E-state index contributed by atoms with van der Waals surface area (Å²) in [7, 11) is 0. The maximum absolute atomic E-state index is 10.1. The van der Waals surface area contributed by atoms with Crippen LogP contribution < -0.4 is 0 Å². The highest BCUT2D eigenvalue weighted by Crippen LogP contribution is 2.23. The Morgan fingerprint density at radius 1 is 1.43 bits per heavy atom. The Kier molecular flexibility index (Phi) is 5.72. The molecule has 3 rings (SSSR count). The first-order valence-electron chi connectivity index (χ1n) is 7.91. The summed E-state index contributed by atoms with van der Waals surface area (Å²) >= 11 is 5.92. The first kappa shape index (κ1) is 16.5. The summed E-state index contributed by atoms with van der Waals surface area (Å²) in [6.07, 6.45) is 6.70. The summed E-state index contributed by atoms with van der Waals surface area (Å²) in [5.41, 5.74) is 0. The summed E-state index contributed by atoms with van der Waals surface area (Å²) in [5.74, 6) is 0.774. The molecule has 0 bridgehead atoms. The number of ether oxygens (including phenoxy) is 1. The number of aliphatic hydroxyl groups is 1. The molecule has 1 fully saturated rings. The molecule has 0 spiro atoms. The van der Waals surface area contributed by atoms with E-state index in [9.17, 15) is 5.11 Å². The molecule has 0 aromatic carbocycles. The number of furan rings is 1. The Hall–Kier alpha value is -1.34. The summed E-state index contributed by atoms with van der Waals surface area (Å²) in [6, 6.07) is 4.08. The van der Waals surface area contributed by atoms with Crippen LogP contribution >= 0.6 is 11.6 Å². The minimum absolute atomic E-state index is 0.315. The van der Waals surface area contributed by atoms with Gasteiger partial charge in [-0.05, 0) is 25.0 Å². The smallest absolute Gasteiger partial charge is 0.129 e. The van der Waals surface area contributed by atoms with Crippen molar-refractivity contribution in [2.24, 2.45) is 0 Å². The van der Waals surface area contributed by atoms with Crippen molar-refractivity contribution >= 4 is 11.6 Å². The van der Waals surface area contributed by atoms with Gasteiger partial charge in [-0.3, -0.25) is 4.68 Å². The summed E-state index contributed by atoms with van der Waals surface area (Å²) in [6.45, 7) is 3.22. The number of piperidine rings is 1. The predicted molar refractivity (Wildman–Crippen MR) is 86.3 cm³/mol. The molecular weight excluding hydrogens is 318 g/mol. The maximum Gasteiger partial charge on any atom is 0.129 e. The van der Waals surface area contributed by atoms with Gasteiger partial charge in [-0.1, -0.05) is 11.6 Å². The fourth-order valence-corrected chi connectivity index (χ4v) is 3.07. The van der Waals surface area contributed by atoms with Crippen molar-refractivity contribution in [1.29, 1.82) is 0 Å². The number of aromatic nitrogens is 2. The Labute approximate surface area is 140 Å². The monoisotopic (exact) mass is 339 g/mol. The Morgan fingerprint density at radius 2 is 2.26 bits per heavy atom. The molecule has 2 aromatic rings. The molecule has 2 aromatic heterocycles. The van der Waals surface area contributed by atoms with E-state index in [2.05, 4.69) is 10.00 Å². The van der Waals surface area contributed by atoms with E-state index in [4.69, 9.17) is 20.8 Å². The van der Waals surface area contributed by atoms with Crippen LogP contribution in [-0.2, 0) is 11.3 Å². The van der Waals surface area contributed by atoms with E-state index in [-0.39, 0.29) is 0 Å². The van der Waals surface area contributed by atoms with E-state index < -0.39 is 6.10 Å². The van der Waals surface area contributed by atoms with Gasteiger partial charge in [0.25, 0.3) is 0 Å². The van der Waals surface area contributed by atoms with Gasteiger partial charge in [0.15, 0.2) is 0 Å². The van der Waals surface area contributed by atoms with E-state index in [1.165, 1.54) is 0 Å². The number of β-amino-alcohol motifs (C(OH)–C–C–N with tert-alkyl or cyclic N) is 1. The van der Waals surface area contributed by atoms with E-state index in [1.54, 1.807) is 12.5 Å². The molecule has 1 aliphatic rings. The summed E-state index contributed by atoms with van der Waals surface area (Å²) < 4.78 is 12.6. The van der Waals surface area contributed by atoms with Gasteiger partial charge in [0, 0.05) is 25.8 Å². The van der Waals surface area contributed by atoms with Gasteiger partial charge in [0.1, 0.15) is 12.4 Å². The Balaban J connectivity index is 1.35. The van der Waals surface area contributed by atoms with Crippen molar-refractivity contribution < 1.29 is 14.3 Å². The highest BCUT2D eigenvalue weighted by molar-refractivity contribution is 6.30. The van der Waals surface area contributed by atoms with Crippen molar-refractivity contribution in [2.75, 3.05) is 26.2 Å². The zero-order valence-electron chi connectivity index (χ0n) is 13.0. The number of aliphatic hydroxyl groups excluding tert-OH is 1. The van der Waals surface area contributed by atoms with Crippen LogP contribution in [0.4, 0.5) is 0 Å². The fourth-order valence-electron chi connectivity index (χ4n) is 2.92. The minimum Gasteiger partial charge on any atom is -0.467 e. The molecule has 6 nitrogen and oxygen atoms in total. The summed E-state index contributed by atoms with van der Waals surface area (Å²) in [5, 5.41) is 15.0. The lowest BCUT2D eigenvalue weighted by Gasteiger charge is -2.33. The van der Waals surface area contributed by atoms with Gasteiger partial charge in [0.05, 0.1) is 36.2 Å². The average Bonchev–Trinajstić information content (AvgIpc) is 3.20. The highest BCUT2D eigenvalue weighted by Gasteiger charge is 2.22. The van der Waals surface area contributed by atoms with Gasteiger partial charge >= 0.3 is 0 Å². The Morgan fingerprint density at radius 3 is 2.91 bits per heavy atom. The number of likely N-dealkylation sites (tertiary alicyclic amines) is 1. The molecule has 1 unspecified atom stereocenters. The first-order valence-corrected chi connectivity index (χ1v) is 8.28. The Bertz CT molecular complexity index is 579. The lowest BCUT2D eigenvalue weighted by molar-refractivity contribution is 0.000264. The second kappa shape index (κ2) is 7.97. The van der Waals surface area contributed by atoms with Crippen LogP contribution in [0.15, 0.2) is 35.2 Å². The summed E-state index contributed by atoms with van der Waals surface area (Å²) in [4.78, 5) is 2.27. The third-order valence-corrected chi connectivity index (χ3v) is 4.30. The molecule has 1 saturated heterocycles. The van der Waals surface area contributed by atoms with Crippen LogP contribution in [0, 0.1) is 0 Å². The van der Waals surface area contributed by atoms with Crippen LogP contribution in [0.2, 0.25) is 5.02 Å². The number of rotatable bonds is 7. The van der Waals surface area contributed by atoms with Crippen molar-refractivity contribution in [2.45, 2.75) is 31.6 Å². The van der Waals surface area contributed by atoms with Gasteiger partial charge in [-0.25, -0.2) is 0 Å². The standard InChI is InChI=1S/C16H22ClN3O3/c17-13-8-18-20(9-13)14-3-5-19(6-4-14)10-15(21)11-22-12-16-2-1-7-23-16/h1-2,7-9,14-15,21H,3-6,10-12H2. The number of nitrogens with zero attached hydrogens (tertiary/aromatic N) is 3. The van der Waals surface area contributed by atoms with E-state index in [0.717, 1.165) is 31.7 Å². The first-order chi connectivity index (χ1) is 11.2. The van der Waals surface area contributed by atoms with E-state index in [0.29, 0.717) is 30.8 Å². The van der Waals surface area contributed by atoms with E-state index in [1.807, 2.05) is 23.0 Å².